The molecule has 0 fully saturated rings. The molecular formula is C10H5BrN2OS. The zero-order valence-electron chi connectivity index (χ0n) is 7.45. The maximum Gasteiger partial charge on any atom is 0.268 e. The number of hydrogen-bond donors (Lipinski definition) is 1. The van der Waals surface area contributed by atoms with Crippen molar-refractivity contribution in [3.05, 3.63) is 39.4 Å². The maximum atomic E-state index is 11.6. The van der Waals surface area contributed by atoms with Gasteiger partial charge in [-0.05, 0) is 12.1 Å². The molecule has 3 rings (SSSR count). The van der Waals surface area contributed by atoms with Gasteiger partial charge in [-0.25, -0.2) is 4.98 Å². The Hall–Kier alpha value is -1.20. The smallest absolute Gasteiger partial charge is 0.268 e. The standard InChI is InChI=1S/C10H5BrN2OS/c11-5-2-1-3-6-7(5)8-9(15-6)10(14)13-4-12-8/h1-4H,(H,12,13,14). The Kier molecular flexibility index (Phi) is 1.90. The highest BCUT2D eigenvalue weighted by atomic mass is 79.9. The Morgan fingerprint density at radius 2 is 2.27 bits per heavy atom. The molecule has 0 radical (unpaired) electrons. The molecule has 2 aromatic heterocycles. The highest BCUT2D eigenvalue weighted by Gasteiger charge is 2.10. The normalized spacial score (nSPS) is 11.3. The van der Waals surface area contributed by atoms with E-state index in [-0.39, 0.29) is 5.56 Å². The predicted octanol–water partition coefficient (Wildman–Crippen LogP) is 2.90. The van der Waals surface area contributed by atoms with E-state index < -0.39 is 0 Å². The van der Waals surface area contributed by atoms with Crippen LogP contribution in [0.25, 0.3) is 20.3 Å². The van der Waals surface area contributed by atoms with E-state index in [0.29, 0.717) is 4.70 Å². The minimum Gasteiger partial charge on any atom is -0.312 e. The number of thiophene rings is 1. The number of aromatic amines is 1. The van der Waals surface area contributed by atoms with Gasteiger partial charge in [-0.3, -0.25) is 4.79 Å². The number of rotatable bonds is 0. The quantitative estimate of drug-likeness (QED) is 0.688. The second-order valence-corrected chi connectivity index (χ2v) is 5.03. The zero-order valence-corrected chi connectivity index (χ0v) is 9.85. The van der Waals surface area contributed by atoms with Gasteiger partial charge in [0.25, 0.3) is 5.56 Å². The van der Waals surface area contributed by atoms with Crippen LogP contribution in [0.1, 0.15) is 0 Å². The van der Waals surface area contributed by atoms with Crippen molar-refractivity contribution in [1.82, 2.24) is 9.97 Å². The number of nitrogens with zero attached hydrogens (tertiary/aromatic N) is 1. The molecule has 0 spiro atoms. The number of halogens is 1. The first-order valence-electron chi connectivity index (χ1n) is 4.32. The molecule has 15 heavy (non-hydrogen) atoms. The first-order valence-corrected chi connectivity index (χ1v) is 5.93. The first-order chi connectivity index (χ1) is 7.27. The van der Waals surface area contributed by atoms with Crippen molar-refractivity contribution in [2.45, 2.75) is 0 Å². The fourth-order valence-electron chi connectivity index (χ4n) is 1.59. The van der Waals surface area contributed by atoms with Crippen LogP contribution in [-0.4, -0.2) is 9.97 Å². The van der Waals surface area contributed by atoms with Crippen molar-refractivity contribution in [3.8, 4) is 0 Å². The van der Waals surface area contributed by atoms with Crippen LogP contribution in [0.2, 0.25) is 0 Å². The van der Waals surface area contributed by atoms with E-state index in [1.807, 2.05) is 18.2 Å². The Bertz CT molecular complexity index is 716. The summed E-state index contributed by atoms with van der Waals surface area (Å²) in [6.07, 6.45) is 1.44. The molecule has 0 amide bonds. The van der Waals surface area contributed by atoms with Gasteiger partial charge in [-0.2, -0.15) is 0 Å². The van der Waals surface area contributed by atoms with E-state index >= 15 is 0 Å². The lowest BCUT2D eigenvalue weighted by molar-refractivity contribution is 1.18. The summed E-state index contributed by atoms with van der Waals surface area (Å²) in [5.41, 5.74) is 0.694. The third-order valence-corrected chi connectivity index (χ3v) is 4.04. The van der Waals surface area contributed by atoms with Gasteiger partial charge in [0, 0.05) is 14.6 Å². The number of fused-ring (bicyclic) bond motifs is 3. The Balaban J connectivity index is 2.71. The van der Waals surface area contributed by atoms with Gasteiger partial charge in [0.2, 0.25) is 0 Å². The van der Waals surface area contributed by atoms with E-state index in [1.54, 1.807) is 0 Å². The van der Waals surface area contributed by atoms with E-state index in [1.165, 1.54) is 17.7 Å². The summed E-state index contributed by atoms with van der Waals surface area (Å²) in [6, 6.07) is 5.90. The number of H-pyrrole nitrogens is 1. The van der Waals surface area contributed by atoms with Crippen LogP contribution in [0.5, 0.6) is 0 Å². The monoisotopic (exact) mass is 280 g/mol. The Morgan fingerprint density at radius 3 is 3.13 bits per heavy atom. The molecule has 2 heterocycles. The highest BCUT2D eigenvalue weighted by molar-refractivity contribution is 9.10. The van der Waals surface area contributed by atoms with Gasteiger partial charge in [-0.15, -0.1) is 11.3 Å². The number of aromatic nitrogens is 2. The van der Waals surface area contributed by atoms with Crippen LogP contribution in [-0.2, 0) is 0 Å². The third kappa shape index (κ3) is 1.23. The molecule has 0 aliphatic rings. The van der Waals surface area contributed by atoms with Gasteiger partial charge in [0.15, 0.2) is 0 Å². The topological polar surface area (TPSA) is 45.8 Å². The van der Waals surface area contributed by atoms with Gasteiger partial charge < -0.3 is 4.98 Å². The fraction of sp³-hybridized carbons (Fsp3) is 0. The molecule has 0 atom stereocenters. The molecule has 74 valence electrons. The average Bonchev–Trinajstić information content (AvgIpc) is 2.59. The second-order valence-electron chi connectivity index (χ2n) is 3.12. The molecule has 0 unspecified atom stereocenters. The average molecular weight is 281 g/mol. The highest BCUT2D eigenvalue weighted by Crippen LogP contribution is 2.34. The van der Waals surface area contributed by atoms with E-state index in [2.05, 4.69) is 25.9 Å². The minimum absolute atomic E-state index is 0.0758. The van der Waals surface area contributed by atoms with Gasteiger partial charge in [0.05, 0.1) is 11.8 Å². The molecule has 0 saturated heterocycles. The summed E-state index contributed by atoms with van der Waals surface area (Å²) in [5, 5.41) is 1.02. The summed E-state index contributed by atoms with van der Waals surface area (Å²) in [4.78, 5) is 18.4. The number of benzene rings is 1. The molecule has 0 aliphatic carbocycles. The van der Waals surface area contributed by atoms with Crippen molar-refractivity contribution < 1.29 is 0 Å². The molecule has 0 saturated carbocycles. The summed E-state index contributed by atoms with van der Waals surface area (Å²) >= 11 is 4.94. The molecule has 3 aromatic rings. The molecule has 0 aliphatic heterocycles. The minimum atomic E-state index is -0.0758. The van der Waals surface area contributed by atoms with Crippen molar-refractivity contribution in [2.24, 2.45) is 0 Å². The van der Waals surface area contributed by atoms with Gasteiger partial charge in [-0.1, -0.05) is 22.0 Å². The van der Waals surface area contributed by atoms with Crippen LogP contribution in [0.15, 0.2) is 33.8 Å². The third-order valence-electron chi connectivity index (χ3n) is 2.23. The van der Waals surface area contributed by atoms with E-state index in [4.69, 9.17) is 0 Å². The lowest BCUT2D eigenvalue weighted by Crippen LogP contribution is -2.03. The van der Waals surface area contributed by atoms with Crippen molar-refractivity contribution >= 4 is 47.6 Å². The molecule has 3 nitrogen and oxygen atoms in total. The largest absolute Gasteiger partial charge is 0.312 e. The summed E-state index contributed by atoms with van der Waals surface area (Å²) in [5.74, 6) is 0. The Morgan fingerprint density at radius 1 is 1.40 bits per heavy atom. The van der Waals surface area contributed by atoms with Gasteiger partial charge >= 0.3 is 0 Å². The van der Waals surface area contributed by atoms with Crippen LogP contribution < -0.4 is 5.56 Å². The van der Waals surface area contributed by atoms with Crippen LogP contribution in [0.3, 0.4) is 0 Å². The van der Waals surface area contributed by atoms with Crippen LogP contribution in [0.4, 0.5) is 0 Å². The lowest BCUT2D eigenvalue weighted by Gasteiger charge is -1.92. The summed E-state index contributed by atoms with van der Waals surface area (Å²) in [7, 11) is 0. The van der Waals surface area contributed by atoms with Gasteiger partial charge in [0.1, 0.15) is 4.70 Å². The van der Waals surface area contributed by atoms with Crippen molar-refractivity contribution in [1.29, 1.82) is 0 Å². The Labute approximate surface area is 96.9 Å². The summed E-state index contributed by atoms with van der Waals surface area (Å²) in [6.45, 7) is 0. The maximum absolute atomic E-state index is 11.6. The first kappa shape index (κ1) is 9.06. The van der Waals surface area contributed by atoms with E-state index in [0.717, 1.165) is 20.1 Å². The van der Waals surface area contributed by atoms with Crippen molar-refractivity contribution in [2.75, 3.05) is 0 Å². The van der Waals surface area contributed by atoms with Crippen molar-refractivity contribution in [3.63, 3.8) is 0 Å². The van der Waals surface area contributed by atoms with Crippen LogP contribution in [0, 0.1) is 0 Å². The molecular weight excluding hydrogens is 276 g/mol. The number of hydrogen-bond acceptors (Lipinski definition) is 3. The molecule has 1 aromatic carbocycles. The number of nitrogens with one attached hydrogen (secondary N) is 1. The zero-order chi connectivity index (χ0) is 10.4. The fourth-order valence-corrected chi connectivity index (χ4v) is 3.35. The molecule has 0 bridgehead atoms. The van der Waals surface area contributed by atoms with Crippen LogP contribution >= 0.6 is 27.3 Å². The lowest BCUT2D eigenvalue weighted by atomic mass is 10.2. The second kappa shape index (κ2) is 3.15. The predicted molar refractivity (Wildman–Crippen MR) is 65.4 cm³/mol. The molecule has 1 N–H and O–H groups in total. The summed E-state index contributed by atoms with van der Waals surface area (Å²) < 4.78 is 2.73. The van der Waals surface area contributed by atoms with E-state index in [9.17, 15) is 4.79 Å². The SMILES string of the molecule is O=c1[nH]cnc2c1sc1cccc(Br)c12. The molecule has 5 heteroatoms.